The van der Waals surface area contributed by atoms with E-state index in [1.54, 1.807) is 0 Å². The van der Waals surface area contributed by atoms with Gasteiger partial charge in [-0.05, 0) is 24.3 Å². The van der Waals surface area contributed by atoms with E-state index < -0.39 is 12.1 Å². The van der Waals surface area contributed by atoms with Crippen molar-refractivity contribution in [2.24, 2.45) is 5.92 Å². The topological polar surface area (TPSA) is 64.2 Å². The number of carbonyl (C=O) groups is 1. The third kappa shape index (κ3) is 2.72. The molecule has 1 aromatic carbocycles. The summed E-state index contributed by atoms with van der Waals surface area (Å²) in [6.45, 7) is 0.152. The summed E-state index contributed by atoms with van der Waals surface area (Å²) in [7, 11) is 1.45. The number of para-hydroxylation sites is 2. The van der Waals surface area contributed by atoms with Crippen molar-refractivity contribution in [3.63, 3.8) is 0 Å². The number of alkyl halides is 1. The van der Waals surface area contributed by atoms with Crippen LogP contribution in [-0.2, 0) is 20.9 Å². The van der Waals surface area contributed by atoms with Crippen LogP contribution in [0.5, 0.6) is 0 Å². The van der Waals surface area contributed by atoms with Crippen molar-refractivity contribution in [2.45, 2.75) is 12.8 Å². The molecule has 2 atom stereocenters. The molecule has 114 valence electrons. The number of rotatable bonds is 5. The fraction of sp³-hybridized carbons (Fsp3) is 0.250. The first-order chi connectivity index (χ1) is 10.7. The Labute approximate surface area is 126 Å². The van der Waals surface area contributed by atoms with Crippen LogP contribution in [0.3, 0.4) is 0 Å². The lowest BCUT2D eigenvalue weighted by molar-refractivity contribution is -0.111. The van der Waals surface area contributed by atoms with Crippen molar-refractivity contribution >= 4 is 17.3 Å². The number of methoxy groups -OCH3 is 1. The highest BCUT2D eigenvalue weighted by molar-refractivity contribution is 5.74. The number of fused-ring (bicyclic) bond motifs is 1. The van der Waals surface area contributed by atoms with Gasteiger partial charge >= 0.3 is 0 Å². The molecule has 2 unspecified atom stereocenters. The molecule has 0 spiro atoms. The number of imidazole rings is 1. The molecule has 0 saturated heterocycles. The van der Waals surface area contributed by atoms with Crippen LogP contribution in [0.15, 0.2) is 47.9 Å². The van der Waals surface area contributed by atoms with Crippen LogP contribution < -0.4 is 0 Å². The summed E-state index contributed by atoms with van der Waals surface area (Å²) in [6.07, 6.45) is 1.81. The number of nitrogens with one attached hydrogen (secondary N) is 1. The number of aromatic nitrogens is 2. The minimum absolute atomic E-state index is 0.152. The van der Waals surface area contributed by atoms with Gasteiger partial charge in [-0.2, -0.15) is 0 Å². The van der Waals surface area contributed by atoms with Crippen molar-refractivity contribution in [3.05, 3.63) is 53.8 Å². The molecule has 1 aromatic heterocycles. The smallest absolute Gasteiger partial charge is 0.160 e. The summed E-state index contributed by atoms with van der Waals surface area (Å²) in [5.74, 6) is 0.412. The van der Waals surface area contributed by atoms with Crippen LogP contribution in [-0.4, -0.2) is 29.5 Å². The average molecular weight is 302 g/mol. The van der Waals surface area contributed by atoms with E-state index in [9.17, 15) is 9.18 Å². The van der Waals surface area contributed by atoms with Crippen molar-refractivity contribution in [3.8, 4) is 0 Å². The number of carbonyl (C=O) groups excluding carboxylic acids is 1. The van der Waals surface area contributed by atoms with E-state index in [0.717, 1.165) is 11.0 Å². The van der Waals surface area contributed by atoms with E-state index in [1.807, 2.05) is 24.3 Å². The fourth-order valence-electron chi connectivity index (χ4n) is 2.31. The van der Waals surface area contributed by atoms with Crippen molar-refractivity contribution < 1.29 is 18.7 Å². The van der Waals surface area contributed by atoms with Gasteiger partial charge in [0, 0.05) is 0 Å². The molecule has 0 fully saturated rings. The second-order valence-corrected chi connectivity index (χ2v) is 4.91. The Morgan fingerprint density at radius 2 is 2.14 bits per heavy atom. The standard InChI is InChI=1S/C16H15FN2O3/c1-21-14-6-10(8-20)11(17)7-15(14)22-9-16-18-12-4-2-3-5-13(12)19-16/h2-8,10-11H,9H2,1H3,(H,18,19). The second-order valence-electron chi connectivity index (χ2n) is 4.91. The van der Waals surface area contributed by atoms with E-state index in [-0.39, 0.29) is 12.4 Å². The number of ether oxygens (including phenoxy) is 2. The summed E-state index contributed by atoms with van der Waals surface area (Å²) < 4.78 is 24.5. The first kappa shape index (κ1) is 14.3. The molecule has 0 aliphatic heterocycles. The highest BCUT2D eigenvalue weighted by atomic mass is 19.1. The number of allylic oxidation sites excluding steroid dienone is 2. The van der Waals surface area contributed by atoms with E-state index in [0.29, 0.717) is 17.9 Å². The first-order valence-corrected chi connectivity index (χ1v) is 6.85. The second kappa shape index (κ2) is 6.01. The van der Waals surface area contributed by atoms with Gasteiger partial charge in [-0.15, -0.1) is 0 Å². The Morgan fingerprint density at radius 3 is 2.86 bits per heavy atom. The maximum atomic E-state index is 13.8. The van der Waals surface area contributed by atoms with Crippen LogP contribution in [0.1, 0.15) is 5.82 Å². The van der Waals surface area contributed by atoms with Crippen LogP contribution in [0.4, 0.5) is 4.39 Å². The first-order valence-electron chi connectivity index (χ1n) is 6.85. The van der Waals surface area contributed by atoms with Gasteiger partial charge in [0.25, 0.3) is 0 Å². The molecule has 0 bridgehead atoms. The molecule has 1 aliphatic carbocycles. The van der Waals surface area contributed by atoms with Gasteiger partial charge < -0.3 is 19.3 Å². The number of nitrogens with zero attached hydrogens (tertiary/aromatic N) is 1. The largest absolute Gasteiger partial charge is 0.493 e. The third-order valence-electron chi connectivity index (χ3n) is 3.44. The molecule has 1 aliphatic rings. The van der Waals surface area contributed by atoms with E-state index in [2.05, 4.69) is 9.97 Å². The predicted molar refractivity (Wildman–Crippen MR) is 78.5 cm³/mol. The van der Waals surface area contributed by atoms with Crippen molar-refractivity contribution in [1.29, 1.82) is 0 Å². The van der Waals surface area contributed by atoms with Gasteiger partial charge in [0.1, 0.15) is 24.9 Å². The number of hydrogen-bond donors (Lipinski definition) is 1. The highest BCUT2D eigenvalue weighted by Crippen LogP contribution is 2.26. The molecule has 5 nitrogen and oxygen atoms in total. The summed E-state index contributed by atoms with van der Waals surface area (Å²) in [4.78, 5) is 18.3. The average Bonchev–Trinajstić information content (AvgIpc) is 2.95. The zero-order chi connectivity index (χ0) is 15.5. The lowest BCUT2D eigenvalue weighted by Crippen LogP contribution is -2.20. The normalized spacial score (nSPS) is 21.2. The van der Waals surface area contributed by atoms with Gasteiger partial charge in [0.2, 0.25) is 0 Å². The molecule has 6 heteroatoms. The number of hydrogen-bond acceptors (Lipinski definition) is 4. The lowest BCUT2D eigenvalue weighted by Gasteiger charge is -2.20. The summed E-state index contributed by atoms with van der Waals surface area (Å²) >= 11 is 0. The minimum atomic E-state index is -1.41. The van der Waals surface area contributed by atoms with Crippen molar-refractivity contribution in [2.75, 3.05) is 7.11 Å². The molecule has 1 N–H and O–H groups in total. The van der Waals surface area contributed by atoms with E-state index in [4.69, 9.17) is 9.47 Å². The quantitative estimate of drug-likeness (QED) is 0.862. The maximum Gasteiger partial charge on any atom is 0.160 e. The third-order valence-corrected chi connectivity index (χ3v) is 3.44. The Hall–Kier alpha value is -2.63. The van der Waals surface area contributed by atoms with Gasteiger partial charge in [-0.1, -0.05) is 12.1 Å². The Morgan fingerprint density at radius 1 is 1.32 bits per heavy atom. The zero-order valence-electron chi connectivity index (χ0n) is 12.0. The van der Waals surface area contributed by atoms with E-state index in [1.165, 1.54) is 19.3 Å². The number of aromatic amines is 1. The molecule has 0 saturated carbocycles. The molecule has 3 rings (SSSR count). The lowest BCUT2D eigenvalue weighted by atomic mass is 9.98. The summed E-state index contributed by atoms with van der Waals surface area (Å²) in [6, 6.07) is 7.62. The van der Waals surface area contributed by atoms with Crippen LogP contribution in [0, 0.1) is 5.92 Å². The van der Waals surface area contributed by atoms with Crippen LogP contribution >= 0.6 is 0 Å². The highest BCUT2D eigenvalue weighted by Gasteiger charge is 2.26. The Balaban J connectivity index is 1.75. The SMILES string of the molecule is COC1=CC(C=O)C(F)C=C1OCc1nc2ccccc2[nH]1. The number of H-pyrrole nitrogens is 1. The molecule has 22 heavy (non-hydrogen) atoms. The minimum Gasteiger partial charge on any atom is -0.493 e. The van der Waals surface area contributed by atoms with Crippen LogP contribution in [0.2, 0.25) is 0 Å². The van der Waals surface area contributed by atoms with Crippen LogP contribution in [0.25, 0.3) is 11.0 Å². The molecule has 0 radical (unpaired) electrons. The monoisotopic (exact) mass is 302 g/mol. The molecular weight excluding hydrogens is 287 g/mol. The van der Waals surface area contributed by atoms with Gasteiger partial charge in [0.15, 0.2) is 11.5 Å². The summed E-state index contributed by atoms with van der Waals surface area (Å²) in [5, 5.41) is 0. The molecule has 0 amide bonds. The predicted octanol–water partition coefficient (Wildman–Crippen LogP) is 2.66. The zero-order valence-corrected chi connectivity index (χ0v) is 12.0. The number of halogens is 1. The number of benzene rings is 1. The molecule has 1 heterocycles. The molecule has 2 aromatic rings. The Bertz CT molecular complexity index is 718. The van der Waals surface area contributed by atoms with Gasteiger partial charge in [0.05, 0.1) is 24.1 Å². The number of aldehydes is 1. The van der Waals surface area contributed by atoms with Gasteiger partial charge in [-0.3, -0.25) is 0 Å². The van der Waals surface area contributed by atoms with Gasteiger partial charge in [-0.25, -0.2) is 9.37 Å². The maximum absolute atomic E-state index is 13.8. The van der Waals surface area contributed by atoms with E-state index >= 15 is 0 Å². The molecular formula is C16H15FN2O3. The Kier molecular flexibility index (Phi) is 3.91. The summed E-state index contributed by atoms with van der Waals surface area (Å²) in [5.41, 5.74) is 1.75. The van der Waals surface area contributed by atoms with Crippen molar-refractivity contribution in [1.82, 2.24) is 9.97 Å². The fourth-order valence-corrected chi connectivity index (χ4v) is 2.31.